The Bertz CT molecular complexity index is 998. The predicted molar refractivity (Wildman–Crippen MR) is 122 cm³/mol. The van der Waals surface area contributed by atoms with Crippen LogP contribution in [0, 0.1) is 0 Å². The Morgan fingerprint density at radius 2 is 1.90 bits per heavy atom. The fraction of sp³-hybridized carbons (Fsp3) is 0.250. The van der Waals surface area contributed by atoms with Gasteiger partial charge in [0, 0.05) is 32.9 Å². The van der Waals surface area contributed by atoms with Crippen molar-refractivity contribution in [3.05, 3.63) is 83.8 Å². The van der Waals surface area contributed by atoms with Crippen LogP contribution in [0.2, 0.25) is 0 Å². The molecule has 31 heavy (non-hydrogen) atoms. The lowest BCUT2D eigenvalue weighted by Crippen LogP contribution is -2.38. The number of furan rings is 1. The van der Waals surface area contributed by atoms with Gasteiger partial charge >= 0.3 is 0 Å². The molecule has 0 unspecified atom stereocenters. The van der Waals surface area contributed by atoms with Crippen LogP contribution >= 0.6 is 0 Å². The molecule has 1 amide bonds. The van der Waals surface area contributed by atoms with Crippen LogP contribution in [0.15, 0.2) is 76.3 Å². The molecule has 0 fully saturated rings. The summed E-state index contributed by atoms with van der Waals surface area (Å²) in [6.07, 6.45) is 1.48. The summed E-state index contributed by atoms with van der Waals surface area (Å²) < 4.78 is 10.6. The number of hydrogen-bond donors (Lipinski definition) is 2. The van der Waals surface area contributed by atoms with Gasteiger partial charge < -0.3 is 24.7 Å². The lowest BCUT2D eigenvalue weighted by Gasteiger charge is -2.22. The van der Waals surface area contributed by atoms with Gasteiger partial charge in [0.2, 0.25) is 0 Å². The molecule has 0 radical (unpaired) electrons. The fourth-order valence-electron chi connectivity index (χ4n) is 3.13. The number of rotatable bonds is 8. The van der Waals surface area contributed by atoms with E-state index in [1.165, 1.54) is 6.26 Å². The van der Waals surface area contributed by atoms with E-state index < -0.39 is 0 Å². The Morgan fingerprint density at radius 1 is 1.10 bits per heavy atom. The lowest BCUT2D eigenvalue weighted by atomic mass is 10.2. The minimum absolute atomic E-state index is 0.277. The van der Waals surface area contributed by atoms with Crippen molar-refractivity contribution in [1.29, 1.82) is 0 Å². The molecule has 0 aliphatic carbocycles. The van der Waals surface area contributed by atoms with E-state index in [1.807, 2.05) is 50.4 Å². The van der Waals surface area contributed by atoms with Crippen LogP contribution in [-0.4, -0.2) is 37.5 Å². The lowest BCUT2D eigenvalue weighted by molar-refractivity contribution is 0.0996. The molecule has 0 aliphatic heterocycles. The van der Waals surface area contributed by atoms with Gasteiger partial charge in [-0.15, -0.1) is 0 Å². The third-order valence-corrected chi connectivity index (χ3v) is 4.61. The van der Waals surface area contributed by atoms with E-state index >= 15 is 0 Å². The van der Waals surface area contributed by atoms with Crippen molar-refractivity contribution < 1.29 is 13.9 Å². The van der Waals surface area contributed by atoms with Gasteiger partial charge in [0.25, 0.3) is 5.91 Å². The maximum atomic E-state index is 12.2. The van der Waals surface area contributed by atoms with Crippen LogP contribution in [0.5, 0.6) is 5.75 Å². The highest BCUT2D eigenvalue weighted by Gasteiger charge is 2.10. The quantitative estimate of drug-likeness (QED) is 0.423. The summed E-state index contributed by atoms with van der Waals surface area (Å²) >= 11 is 0. The minimum Gasteiger partial charge on any atom is -0.494 e. The minimum atomic E-state index is -0.277. The monoisotopic (exact) mass is 420 g/mol. The zero-order valence-corrected chi connectivity index (χ0v) is 18.1. The Labute approximate surface area is 182 Å². The van der Waals surface area contributed by atoms with E-state index in [1.54, 1.807) is 19.2 Å². The van der Waals surface area contributed by atoms with Crippen molar-refractivity contribution >= 4 is 17.6 Å². The predicted octanol–water partition coefficient (Wildman–Crippen LogP) is 4.14. The first-order valence-corrected chi connectivity index (χ1v) is 10.2. The number of nitrogens with one attached hydrogen (secondary N) is 2. The molecule has 1 aromatic heterocycles. The molecule has 0 spiro atoms. The largest absolute Gasteiger partial charge is 0.494 e. The van der Waals surface area contributed by atoms with Gasteiger partial charge in [-0.25, -0.2) is 0 Å². The first kappa shape index (κ1) is 22.0. The van der Waals surface area contributed by atoms with Gasteiger partial charge in [-0.05, 0) is 54.4 Å². The van der Waals surface area contributed by atoms with Crippen molar-refractivity contribution in [2.45, 2.75) is 20.0 Å². The van der Waals surface area contributed by atoms with Crippen molar-refractivity contribution in [3.8, 4) is 5.75 Å². The smallest absolute Gasteiger partial charge is 0.291 e. The van der Waals surface area contributed by atoms with Gasteiger partial charge in [0.05, 0.1) is 12.9 Å². The molecular formula is C24H28N4O3. The maximum absolute atomic E-state index is 12.2. The number of amides is 1. The third kappa shape index (κ3) is 6.37. The number of ether oxygens (including phenoxy) is 1. The molecule has 1 heterocycles. The summed E-state index contributed by atoms with van der Waals surface area (Å²) in [7, 11) is 3.75. The molecule has 3 aromatic rings. The van der Waals surface area contributed by atoms with E-state index in [0.717, 1.165) is 22.8 Å². The second-order valence-electron chi connectivity index (χ2n) is 6.97. The summed E-state index contributed by atoms with van der Waals surface area (Å²) in [5, 5.41) is 6.21. The number of benzene rings is 2. The number of anilines is 1. The summed E-state index contributed by atoms with van der Waals surface area (Å²) in [6, 6.07) is 19.0. The standard InChI is InChI=1S/C24H28N4O3/c1-4-30-21-12-10-18(11-13-21)17-28(3)24(25-2)26-16-19-7-5-8-20(15-19)27-23(29)22-9-6-14-31-22/h5-15H,4,16-17H2,1-3H3,(H,25,26)(H,27,29). The summed E-state index contributed by atoms with van der Waals surface area (Å²) in [6.45, 7) is 3.92. The molecular weight excluding hydrogens is 392 g/mol. The zero-order chi connectivity index (χ0) is 22.1. The Balaban J connectivity index is 1.55. The molecule has 0 atom stereocenters. The number of hydrogen-bond acceptors (Lipinski definition) is 4. The topological polar surface area (TPSA) is 79.1 Å². The number of carbonyl (C=O) groups is 1. The van der Waals surface area contributed by atoms with Gasteiger partial charge in [-0.3, -0.25) is 9.79 Å². The van der Waals surface area contributed by atoms with E-state index in [4.69, 9.17) is 9.15 Å². The molecule has 0 bridgehead atoms. The van der Waals surface area contributed by atoms with E-state index in [9.17, 15) is 4.79 Å². The van der Waals surface area contributed by atoms with Crippen molar-refractivity contribution in [1.82, 2.24) is 10.2 Å². The van der Waals surface area contributed by atoms with Crippen LogP contribution in [0.25, 0.3) is 0 Å². The molecule has 2 aromatic carbocycles. The fourth-order valence-corrected chi connectivity index (χ4v) is 3.13. The Kier molecular flexibility index (Phi) is 7.70. The van der Waals surface area contributed by atoms with Gasteiger partial charge in [0.15, 0.2) is 11.7 Å². The molecule has 2 N–H and O–H groups in total. The van der Waals surface area contributed by atoms with Crippen LogP contribution in [0.4, 0.5) is 5.69 Å². The third-order valence-electron chi connectivity index (χ3n) is 4.61. The first-order valence-electron chi connectivity index (χ1n) is 10.2. The van der Waals surface area contributed by atoms with E-state index in [-0.39, 0.29) is 11.7 Å². The number of aliphatic imine (C=N–C) groups is 1. The van der Waals surface area contributed by atoms with Crippen LogP contribution in [0.3, 0.4) is 0 Å². The van der Waals surface area contributed by atoms with Gasteiger partial charge in [0.1, 0.15) is 5.75 Å². The van der Waals surface area contributed by atoms with Crippen LogP contribution in [-0.2, 0) is 13.1 Å². The highest BCUT2D eigenvalue weighted by Crippen LogP contribution is 2.14. The van der Waals surface area contributed by atoms with Crippen molar-refractivity contribution in [3.63, 3.8) is 0 Å². The van der Waals surface area contributed by atoms with Crippen LogP contribution in [0.1, 0.15) is 28.6 Å². The van der Waals surface area contributed by atoms with E-state index in [2.05, 4.69) is 32.7 Å². The first-order chi connectivity index (χ1) is 15.1. The SMILES string of the molecule is CCOc1ccc(CN(C)C(=NC)NCc2cccc(NC(=O)c3ccco3)c2)cc1. The Hall–Kier alpha value is -3.74. The molecule has 0 saturated carbocycles. The average molecular weight is 421 g/mol. The molecule has 162 valence electrons. The van der Waals surface area contributed by atoms with Crippen molar-refractivity contribution in [2.75, 3.05) is 26.0 Å². The molecule has 0 saturated heterocycles. The van der Waals surface area contributed by atoms with Gasteiger partial charge in [-0.2, -0.15) is 0 Å². The molecule has 0 aliphatic rings. The second-order valence-corrected chi connectivity index (χ2v) is 6.97. The highest BCUT2D eigenvalue weighted by atomic mass is 16.5. The summed E-state index contributed by atoms with van der Waals surface area (Å²) in [5.74, 6) is 1.65. The van der Waals surface area contributed by atoms with Crippen LogP contribution < -0.4 is 15.4 Å². The second kappa shape index (κ2) is 10.9. The molecule has 7 heteroatoms. The summed E-state index contributed by atoms with van der Waals surface area (Å²) in [4.78, 5) is 18.6. The maximum Gasteiger partial charge on any atom is 0.291 e. The number of carbonyl (C=O) groups excluding carboxylic acids is 1. The van der Waals surface area contributed by atoms with E-state index in [0.29, 0.717) is 25.4 Å². The molecule has 7 nitrogen and oxygen atoms in total. The average Bonchev–Trinajstić information content (AvgIpc) is 3.31. The Morgan fingerprint density at radius 3 is 2.58 bits per heavy atom. The number of guanidine groups is 1. The number of nitrogens with zero attached hydrogens (tertiary/aromatic N) is 2. The summed E-state index contributed by atoms with van der Waals surface area (Å²) in [5.41, 5.74) is 2.89. The van der Waals surface area contributed by atoms with Crippen molar-refractivity contribution in [2.24, 2.45) is 4.99 Å². The highest BCUT2D eigenvalue weighted by molar-refractivity contribution is 6.02. The normalized spacial score (nSPS) is 11.1. The van der Waals surface area contributed by atoms with Gasteiger partial charge in [-0.1, -0.05) is 24.3 Å². The molecule has 3 rings (SSSR count). The zero-order valence-electron chi connectivity index (χ0n) is 18.1.